The van der Waals surface area contributed by atoms with Crippen molar-refractivity contribution in [1.29, 1.82) is 0 Å². The zero-order valence-corrected chi connectivity index (χ0v) is 15.9. The van der Waals surface area contributed by atoms with Crippen LogP contribution in [0.4, 0.5) is 0 Å². The van der Waals surface area contributed by atoms with Gasteiger partial charge in [0.15, 0.2) is 0 Å². The van der Waals surface area contributed by atoms with Crippen LogP contribution in [0.15, 0.2) is 59.7 Å². The quantitative estimate of drug-likeness (QED) is 0.709. The molecule has 0 saturated heterocycles. The average Bonchev–Trinajstić information content (AvgIpc) is 2.71. The molecule has 1 heterocycles. The molecule has 2 amide bonds. The number of aryl methyl sites for hydroxylation is 1. The molecule has 0 aliphatic rings. The molecule has 0 spiro atoms. The summed E-state index contributed by atoms with van der Waals surface area (Å²) in [6, 6.07) is 14.2. The Balaban J connectivity index is 1.54. The third-order valence-corrected chi connectivity index (χ3v) is 4.41. The van der Waals surface area contributed by atoms with E-state index >= 15 is 0 Å². The second-order valence-corrected chi connectivity index (χ2v) is 6.68. The first-order valence-corrected chi connectivity index (χ1v) is 8.97. The van der Waals surface area contributed by atoms with Crippen LogP contribution in [0.2, 0.25) is 0 Å². The van der Waals surface area contributed by atoms with Crippen molar-refractivity contribution in [2.75, 3.05) is 14.1 Å². The van der Waals surface area contributed by atoms with Crippen molar-refractivity contribution in [2.24, 2.45) is 0 Å². The number of para-hydroxylation sites is 1. The number of benzene rings is 2. The van der Waals surface area contributed by atoms with Gasteiger partial charge >= 0.3 is 0 Å². The number of fused-ring (bicyclic) bond motifs is 1. The van der Waals surface area contributed by atoms with E-state index in [-0.39, 0.29) is 30.3 Å². The van der Waals surface area contributed by atoms with Gasteiger partial charge in [-0.05, 0) is 29.8 Å². The molecule has 0 radical (unpaired) electrons. The Morgan fingerprint density at radius 3 is 2.50 bits per heavy atom. The molecule has 3 rings (SSSR count). The van der Waals surface area contributed by atoms with Gasteiger partial charge in [0.2, 0.25) is 5.91 Å². The number of aromatic nitrogens is 2. The third kappa shape index (κ3) is 4.43. The summed E-state index contributed by atoms with van der Waals surface area (Å²) in [6.45, 7) is 0.624. The molecule has 0 fully saturated rings. The zero-order valence-electron chi connectivity index (χ0n) is 15.9. The Morgan fingerprint density at radius 2 is 1.79 bits per heavy atom. The number of carbonyl (C=O) groups is 2. The smallest absolute Gasteiger partial charge is 0.261 e. The lowest BCUT2D eigenvalue weighted by Gasteiger charge is -2.11. The van der Waals surface area contributed by atoms with Crippen LogP contribution in [-0.4, -0.2) is 40.4 Å². The zero-order chi connectivity index (χ0) is 20.1. The van der Waals surface area contributed by atoms with E-state index < -0.39 is 0 Å². The van der Waals surface area contributed by atoms with E-state index in [4.69, 9.17) is 0 Å². The summed E-state index contributed by atoms with van der Waals surface area (Å²) in [5.41, 5.74) is 1.99. The predicted octanol–water partition coefficient (Wildman–Crippen LogP) is 1.80. The maximum atomic E-state index is 12.4. The molecular weight excluding hydrogens is 356 g/mol. The fourth-order valence-corrected chi connectivity index (χ4v) is 2.80. The molecule has 7 nitrogen and oxygen atoms in total. The van der Waals surface area contributed by atoms with Gasteiger partial charge in [-0.1, -0.05) is 24.3 Å². The van der Waals surface area contributed by atoms with Crippen molar-refractivity contribution in [2.45, 2.75) is 19.5 Å². The molecule has 0 aliphatic carbocycles. The van der Waals surface area contributed by atoms with Gasteiger partial charge in [-0.15, -0.1) is 0 Å². The highest BCUT2D eigenvalue weighted by molar-refractivity contribution is 5.93. The predicted molar refractivity (Wildman–Crippen MR) is 107 cm³/mol. The molecule has 1 aromatic heterocycles. The number of nitrogens with one attached hydrogen (secondary N) is 1. The molecule has 28 heavy (non-hydrogen) atoms. The highest BCUT2D eigenvalue weighted by Gasteiger charge is 2.09. The van der Waals surface area contributed by atoms with E-state index in [1.165, 1.54) is 15.8 Å². The van der Waals surface area contributed by atoms with Crippen LogP contribution in [0.3, 0.4) is 0 Å². The molecule has 7 heteroatoms. The summed E-state index contributed by atoms with van der Waals surface area (Å²) >= 11 is 0. The minimum atomic E-state index is -0.159. The Kier molecular flexibility index (Phi) is 5.84. The summed E-state index contributed by atoms with van der Waals surface area (Å²) in [6.07, 6.45) is 1.65. The van der Waals surface area contributed by atoms with Gasteiger partial charge in [0.1, 0.15) is 0 Å². The fraction of sp³-hybridized carbons (Fsp3) is 0.238. The van der Waals surface area contributed by atoms with E-state index in [0.29, 0.717) is 23.0 Å². The molecular formula is C21H22N4O3. The van der Waals surface area contributed by atoms with E-state index in [1.807, 2.05) is 18.2 Å². The highest BCUT2D eigenvalue weighted by Crippen LogP contribution is 2.07. The summed E-state index contributed by atoms with van der Waals surface area (Å²) in [4.78, 5) is 42.2. The summed E-state index contributed by atoms with van der Waals surface area (Å²) in [5.74, 6) is -0.224. The van der Waals surface area contributed by atoms with Gasteiger partial charge < -0.3 is 10.2 Å². The number of amides is 2. The molecule has 1 N–H and O–H groups in total. The van der Waals surface area contributed by atoms with Crippen LogP contribution in [0.25, 0.3) is 10.9 Å². The van der Waals surface area contributed by atoms with Gasteiger partial charge in [-0.2, -0.15) is 0 Å². The number of hydrogen-bond acceptors (Lipinski definition) is 4. The Morgan fingerprint density at radius 1 is 1.07 bits per heavy atom. The Labute approximate surface area is 162 Å². The molecule has 0 aliphatic heterocycles. The second kappa shape index (κ2) is 8.47. The lowest BCUT2D eigenvalue weighted by atomic mass is 10.1. The summed E-state index contributed by atoms with van der Waals surface area (Å²) in [7, 11) is 3.40. The lowest BCUT2D eigenvalue weighted by molar-refractivity contribution is -0.121. The fourth-order valence-electron chi connectivity index (χ4n) is 2.80. The minimum Gasteiger partial charge on any atom is -0.352 e. The normalized spacial score (nSPS) is 10.6. The van der Waals surface area contributed by atoms with Gasteiger partial charge in [0, 0.05) is 39.2 Å². The first-order valence-electron chi connectivity index (χ1n) is 8.97. The molecule has 0 unspecified atom stereocenters. The number of hydrogen-bond donors (Lipinski definition) is 1. The summed E-state index contributed by atoms with van der Waals surface area (Å²) in [5, 5.41) is 3.37. The van der Waals surface area contributed by atoms with Crippen molar-refractivity contribution < 1.29 is 9.59 Å². The molecule has 3 aromatic rings. The van der Waals surface area contributed by atoms with Crippen LogP contribution < -0.4 is 10.9 Å². The molecule has 0 saturated carbocycles. The van der Waals surface area contributed by atoms with E-state index in [1.54, 1.807) is 44.4 Å². The van der Waals surface area contributed by atoms with Crippen molar-refractivity contribution in [3.63, 3.8) is 0 Å². The summed E-state index contributed by atoms with van der Waals surface area (Å²) < 4.78 is 1.45. The highest BCUT2D eigenvalue weighted by atomic mass is 16.2. The minimum absolute atomic E-state index is 0.0648. The topological polar surface area (TPSA) is 84.3 Å². The SMILES string of the molecule is CN(C)C(=O)c1ccc(CNC(=O)CCn2cnc3ccccc3c2=O)cc1. The third-order valence-electron chi connectivity index (χ3n) is 4.41. The first kappa shape index (κ1) is 19.3. The largest absolute Gasteiger partial charge is 0.352 e. The molecule has 144 valence electrons. The van der Waals surface area contributed by atoms with Crippen molar-refractivity contribution >= 4 is 22.7 Å². The monoisotopic (exact) mass is 378 g/mol. The van der Waals surface area contributed by atoms with E-state index in [2.05, 4.69) is 10.3 Å². The number of carbonyl (C=O) groups excluding carboxylic acids is 2. The van der Waals surface area contributed by atoms with Gasteiger partial charge in [-0.3, -0.25) is 19.0 Å². The van der Waals surface area contributed by atoms with E-state index in [0.717, 1.165) is 5.56 Å². The van der Waals surface area contributed by atoms with Crippen LogP contribution in [0.1, 0.15) is 22.3 Å². The molecule has 2 aromatic carbocycles. The number of rotatable bonds is 6. The van der Waals surface area contributed by atoms with Gasteiger partial charge in [-0.25, -0.2) is 4.98 Å². The van der Waals surface area contributed by atoms with Crippen molar-refractivity contribution in [3.05, 3.63) is 76.3 Å². The second-order valence-electron chi connectivity index (χ2n) is 6.68. The Bertz CT molecular complexity index is 1060. The van der Waals surface area contributed by atoms with Crippen molar-refractivity contribution in [1.82, 2.24) is 19.8 Å². The average molecular weight is 378 g/mol. The van der Waals surface area contributed by atoms with Crippen LogP contribution in [-0.2, 0) is 17.9 Å². The van der Waals surface area contributed by atoms with Gasteiger partial charge in [0.25, 0.3) is 11.5 Å². The standard InChI is InChI=1S/C21H22N4O3/c1-24(2)20(27)16-9-7-15(8-10-16)13-22-19(26)11-12-25-14-23-18-6-4-3-5-17(18)21(25)28/h3-10,14H,11-13H2,1-2H3,(H,22,26). The van der Waals surface area contributed by atoms with Crippen LogP contribution >= 0.6 is 0 Å². The molecule has 0 bridgehead atoms. The lowest BCUT2D eigenvalue weighted by Crippen LogP contribution is -2.27. The van der Waals surface area contributed by atoms with Gasteiger partial charge in [0.05, 0.1) is 17.2 Å². The Hall–Kier alpha value is -3.48. The maximum Gasteiger partial charge on any atom is 0.261 e. The maximum absolute atomic E-state index is 12.4. The van der Waals surface area contributed by atoms with Crippen molar-refractivity contribution in [3.8, 4) is 0 Å². The first-order chi connectivity index (χ1) is 13.5. The van der Waals surface area contributed by atoms with Crippen LogP contribution in [0, 0.1) is 0 Å². The van der Waals surface area contributed by atoms with Crippen LogP contribution in [0.5, 0.6) is 0 Å². The number of nitrogens with zero attached hydrogens (tertiary/aromatic N) is 3. The van der Waals surface area contributed by atoms with E-state index in [9.17, 15) is 14.4 Å². The molecule has 0 atom stereocenters.